The van der Waals surface area contributed by atoms with E-state index >= 15 is 0 Å². The van der Waals surface area contributed by atoms with Gasteiger partial charge < -0.3 is 15.6 Å². The molecule has 1 aliphatic rings. The number of anilines is 2. The zero-order chi connectivity index (χ0) is 22.7. The summed E-state index contributed by atoms with van der Waals surface area (Å²) >= 11 is 7.10. The molecule has 0 unspecified atom stereocenters. The van der Waals surface area contributed by atoms with Crippen LogP contribution in [0.3, 0.4) is 0 Å². The molecule has 1 aliphatic heterocycles. The molecule has 1 aromatic heterocycles. The highest BCUT2D eigenvalue weighted by atomic mass is 35.5. The standard InChI is InChI=1S/C22H18ClFN4O3S/c23-15-10-13(6-7-16(15)24)25-20(30)14-11-17(29)26-19-18(14)21(31)28-22(27-19)32-9-8-12-4-2-1-3-5-12/h1-7,10,14H,8-9,11H2,(H,25,30)(H2,26,27,28,29,31)/t14-/m0/s1. The number of aryl methyl sites for hydroxylation is 1. The lowest BCUT2D eigenvalue weighted by Gasteiger charge is -2.23. The quantitative estimate of drug-likeness (QED) is 0.372. The van der Waals surface area contributed by atoms with Crippen LogP contribution in [0.2, 0.25) is 5.02 Å². The van der Waals surface area contributed by atoms with Gasteiger partial charge in [0.05, 0.1) is 16.5 Å². The van der Waals surface area contributed by atoms with Crippen molar-refractivity contribution in [2.24, 2.45) is 0 Å². The Morgan fingerprint density at radius 2 is 2.00 bits per heavy atom. The minimum absolute atomic E-state index is 0.0736. The predicted molar refractivity (Wildman–Crippen MR) is 122 cm³/mol. The highest BCUT2D eigenvalue weighted by Crippen LogP contribution is 2.31. The predicted octanol–water partition coefficient (Wildman–Crippen LogP) is 3.96. The monoisotopic (exact) mass is 472 g/mol. The number of thioether (sulfide) groups is 1. The second-order valence-corrected chi connectivity index (χ2v) is 8.63. The summed E-state index contributed by atoms with van der Waals surface area (Å²) in [4.78, 5) is 44.8. The lowest BCUT2D eigenvalue weighted by Crippen LogP contribution is -2.36. The van der Waals surface area contributed by atoms with Gasteiger partial charge in [-0.1, -0.05) is 53.7 Å². The van der Waals surface area contributed by atoms with E-state index in [0.717, 1.165) is 18.1 Å². The van der Waals surface area contributed by atoms with E-state index in [4.69, 9.17) is 11.6 Å². The average molecular weight is 473 g/mol. The maximum Gasteiger partial charge on any atom is 0.257 e. The van der Waals surface area contributed by atoms with Gasteiger partial charge in [-0.2, -0.15) is 0 Å². The molecule has 0 aliphatic carbocycles. The van der Waals surface area contributed by atoms with Crippen molar-refractivity contribution in [1.82, 2.24) is 9.97 Å². The van der Waals surface area contributed by atoms with Crippen molar-refractivity contribution in [2.75, 3.05) is 16.4 Å². The van der Waals surface area contributed by atoms with Gasteiger partial charge in [-0.05, 0) is 30.2 Å². The zero-order valence-electron chi connectivity index (χ0n) is 16.7. The Balaban J connectivity index is 1.52. The van der Waals surface area contributed by atoms with Gasteiger partial charge in [-0.3, -0.25) is 14.4 Å². The number of benzene rings is 2. The topological polar surface area (TPSA) is 104 Å². The number of rotatable bonds is 6. The third kappa shape index (κ3) is 5.00. The maximum absolute atomic E-state index is 13.4. The summed E-state index contributed by atoms with van der Waals surface area (Å²) < 4.78 is 13.4. The molecule has 4 rings (SSSR count). The van der Waals surface area contributed by atoms with E-state index in [2.05, 4.69) is 20.6 Å². The SMILES string of the molecule is O=C1C[C@H](C(=O)Nc2ccc(F)c(Cl)c2)c2c(nc(SCCc3ccccc3)[nH]c2=O)N1. The lowest BCUT2D eigenvalue weighted by molar-refractivity contribution is -0.123. The van der Waals surface area contributed by atoms with E-state index in [9.17, 15) is 18.8 Å². The number of amides is 2. The van der Waals surface area contributed by atoms with Crippen molar-refractivity contribution in [2.45, 2.75) is 23.9 Å². The smallest absolute Gasteiger partial charge is 0.257 e. The van der Waals surface area contributed by atoms with Crippen LogP contribution in [-0.2, 0) is 16.0 Å². The fourth-order valence-electron chi connectivity index (χ4n) is 3.36. The second-order valence-electron chi connectivity index (χ2n) is 7.14. The molecule has 32 heavy (non-hydrogen) atoms. The largest absolute Gasteiger partial charge is 0.325 e. The van der Waals surface area contributed by atoms with E-state index in [-0.39, 0.29) is 28.5 Å². The molecule has 0 saturated heterocycles. The number of halogens is 2. The lowest BCUT2D eigenvalue weighted by atomic mass is 9.92. The number of fused-ring (bicyclic) bond motifs is 1. The van der Waals surface area contributed by atoms with Crippen LogP contribution >= 0.6 is 23.4 Å². The van der Waals surface area contributed by atoms with Gasteiger partial charge in [0.25, 0.3) is 5.56 Å². The van der Waals surface area contributed by atoms with Crippen LogP contribution in [0, 0.1) is 5.82 Å². The number of hydrogen-bond donors (Lipinski definition) is 3. The Morgan fingerprint density at radius 3 is 2.75 bits per heavy atom. The van der Waals surface area contributed by atoms with Crippen LogP contribution in [0.25, 0.3) is 0 Å². The highest BCUT2D eigenvalue weighted by Gasteiger charge is 2.34. The van der Waals surface area contributed by atoms with Gasteiger partial charge in [0.1, 0.15) is 11.6 Å². The average Bonchev–Trinajstić information content (AvgIpc) is 2.76. The third-order valence-corrected chi connectivity index (χ3v) is 6.07. The molecule has 7 nitrogen and oxygen atoms in total. The molecule has 2 aromatic carbocycles. The molecule has 0 saturated carbocycles. The van der Waals surface area contributed by atoms with Crippen molar-refractivity contribution in [3.05, 3.63) is 80.9 Å². The van der Waals surface area contributed by atoms with Gasteiger partial charge in [0, 0.05) is 17.9 Å². The van der Waals surface area contributed by atoms with Gasteiger partial charge in [-0.25, -0.2) is 9.37 Å². The van der Waals surface area contributed by atoms with Crippen LogP contribution < -0.4 is 16.2 Å². The van der Waals surface area contributed by atoms with Gasteiger partial charge in [0.2, 0.25) is 11.8 Å². The summed E-state index contributed by atoms with van der Waals surface area (Å²) in [5.74, 6) is -1.92. The molecule has 1 atom stereocenters. The van der Waals surface area contributed by atoms with Gasteiger partial charge in [0.15, 0.2) is 5.16 Å². The third-order valence-electron chi connectivity index (χ3n) is 4.91. The van der Waals surface area contributed by atoms with Crippen molar-refractivity contribution in [3.8, 4) is 0 Å². The van der Waals surface area contributed by atoms with Crippen molar-refractivity contribution in [1.29, 1.82) is 0 Å². The number of carbonyl (C=O) groups is 2. The number of carbonyl (C=O) groups excluding carboxylic acids is 2. The van der Waals surface area contributed by atoms with E-state index < -0.39 is 29.1 Å². The Labute approximate surface area is 191 Å². The van der Waals surface area contributed by atoms with Crippen LogP contribution in [0.5, 0.6) is 0 Å². The normalized spacial score (nSPS) is 15.1. The van der Waals surface area contributed by atoms with E-state index in [1.54, 1.807) is 0 Å². The fraction of sp³-hybridized carbons (Fsp3) is 0.182. The molecule has 164 valence electrons. The summed E-state index contributed by atoms with van der Waals surface area (Å²) in [5, 5.41) is 5.37. The number of aromatic nitrogens is 2. The number of aromatic amines is 1. The Morgan fingerprint density at radius 1 is 1.22 bits per heavy atom. The minimum Gasteiger partial charge on any atom is -0.325 e. The summed E-state index contributed by atoms with van der Waals surface area (Å²) in [5.41, 5.74) is 1.01. The van der Waals surface area contributed by atoms with Crippen LogP contribution in [0.1, 0.15) is 23.5 Å². The second kappa shape index (κ2) is 9.54. The Bertz CT molecular complexity index is 1240. The molecule has 3 aromatic rings. The zero-order valence-corrected chi connectivity index (χ0v) is 18.2. The van der Waals surface area contributed by atoms with Gasteiger partial charge in [-0.15, -0.1) is 0 Å². The maximum atomic E-state index is 13.4. The summed E-state index contributed by atoms with van der Waals surface area (Å²) in [6.07, 6.45) is 0.572. The number of H-pyrrole nitrogens is 1. The summed E-state index contributed by atoms with van der Waals surface area (Å²) in [6.45, 7) is 0. The molecule has 3 N–H and O–H groups in total. The minimum atomic E-state index is -1.04. The van der Waals surface area contributed by atoms with Gasteiger partial charge >= 0.3 is 0 Å². The first-order valence-electron chi connectivity index (χ1n) is 9.77. The first-order chi connectivity index (χ1) is 15.4. The Kier molecular flexibility index (Phi) is 6.57. The van der Waals surface area contributed by atoms with E-state index in [0.29, 0.717) is 10.9 Å². The molecule has 0 radical (unpaired) electrons. The molecule has 2 heterocycles. The molecule has 10 heteroatoms. The summed E-state index contributed by atoms with van der Waals surface area (Å²) in [7, 11) is 0. The van der Waals surface area contributed by atoms with Crippen LogP contribution in [0.4, 0.5) is 15.9 Å². The number of nitrogens with one attached hydrogen (secondary N) is 3. The van der Waals surface area contributed by atoms with Crippen LogP contribution in [-0.4, -0.2) is 27.5 Å². The van der Waals surface area contributed by atoms with Crippen LogP contribution in [0.15, 0.2) is 58.5 Å². The molecule has 0 spiro atoms. The molecular weight excluding hydrogens is 455 g/mol. The number of nitrogens with zero attached hydrogens (tertiary/aromatic N) is 1. The first-order valence-corrected chi connectivity index (χ1v) is 11.1. The van der Waals surface area contributed by atoms with Crippen molar-refractivity contribution >= 4 is 46.7 Å². The molecule has 0 fully saturated rings. The highest BCUT2D eigenvalue weighted by molar-refractivity contribution is 7.99. The molecular formula is C22H18ClFN4O3S. The van der Waals surface area contributed by atoms with Crippen molar-refractivity contribution < 1.29 is 14.0 Å². The first kappa shape index (κ1) is 22.0. The van der Waals surface area contributed by atoms with E-state index in [1.165, 1.54) is 23.9 Å². The summed E-state index contributed by atoms with van der Waals surface area (Å²) in [6, 6.07) is 13.6. The number of hydrogen-bond acceptors (Lipinski definition) is 5. The molecule has 0 bridgehead atoms. The van der Waals surface area contributed by atoms with E-state index in [1.807, 2.05) is 30.3 Å². The Hall–Kier alpha value is -3.17. The van der Waals surface area contributed by atoms with Crippen molar-refractivity contribution in [3.63, 3.8) is 0 Å². The molecule has 2 amide bonds. The fourth-order valence-corrected chi connectivity index (χ4v) is 4.39.